The van der Waals surface area contributed by atoms with Crippen LogP contribution in [0.25, 0.3) is 28.7 Å². The van der Waals surface area contributed by atoms with E-state index < -0.39 is 0 Å². The van der Waals surface area contributed by atoms with Crippen molar-refractivity contribution < 1.29 is 10.2 Å². The molecule has 27 heavy (non-hydrogen) atoms. The summed E-state index contributed by atoms with van der Waals surface area (Å²) in [6.07, 6.45) is 3.26. The van der Waals surface area contributed by atoms with Crippen molar-refractivity contribution >= 4 is 23.1 Å². The Balaban J connectivity index is 1.95. The van der Waals surface area contributed by atoms with Crippen molar-refractivity contribution in [1.29, 1.82) is 0 Å². The van der Waals surface area contributed by atoms with Gasteiger partial charge in [-0.25, -0.2) is 4.98 Å². The van der Waals surface area contributed by atoms with Crippen LogP contribution in [0.2, 0.25) is 0 Å². The standard InChI is InChI=1S/C22H16N2O3/c25-19-12-6-7-15(21(19)26)13-14-20-23-18-11-5-4-10-17(18)22(27)24(20)16-8-2-1-3-9-16/h1-14,25-26H/b14-13+. The third-order valence-corrected chi connectivity index (χ3v) is 4.27. The highest BCUT2D eigenvalue weighted by Crippen LogP contribution is 2.29. The number of para-hydroxylation sites is 3. The van der Waals surface area contributed by atoms with Crippen molar-refractivity contribution in [3.63, 3.8) is 0 Å². The summed E-state index contributed by atoms with van der Waals surface area (Å²) in [5.41, 5.74) is 1.54. The average molecular weight is 356 g/mol. The quantitative estimate of drug-likeness (QED) is 0.545. The minimum absolute atomic E-state index is 0.174. The molecule has 132 valence electrons. The lowest BCUT2D eigenvalue weighted by Crippen LogP contribution is -2.22. The molecule has 4 aromatic rings. The molecule has 0 saturated carbocycles. The molecule has 0 aliphatic heterocycles. The molecule has 0 fully saturated rings. The van der Waals surface area contributed by atoms with Gasteiger partial charge < -0.3 is 10.2 Å². The summed E-state index contributed by atoms with van der Waals surface area (Å²) in [7, 11) is 0. The van der Waals surface area contributed by atoms with Gasteiger partial charge in [-0.2, -0.15) is 0 Å². The first kappa shape index (κ1) is 16.6. The Bertz CT molecular complexity index is 1210. The molecule has 0 amide bonds. The Kier molecular flexibility index (Phi) is 4.18. The van der Waals surface area contributed by atoms with Crippen LogP contribution in [0.4, 0.5) is 0 Å². The second kappa shape index (κ2) is 6.80. The van der Waals surface area contributed by atoms with E-state index in [1.807, 2.05) is 36.4 Å². The second-order valence-electron chi connectivity index (χ2n) is 6.01. The maximum absolute atomic E-state index is 13.1. The van der Waals surface area contributed by atoms with E-state index in [1.54, 1.807) is 42.5 Å². The van der Waals surface area contributed by atoms with Crippen LogP contribution >= 0.6 is 0 Å². The molecule has 0 bridgehead atoms. The first-order valence-electron chi connectivity index (χ1n) is 8.41. The summed E-state index contributed by atoms with van der Waals surface area (Å²) in [6, 6.07) is 21.1. The van der Waals surface area contributed by atoms with Gasteiger partial charge in [0.25, 0.3) is 5.56 Å². The fraction of sp³-hybridized carbons (Fsp3) is 0. The largest absolute Gasteiger partial charge is 0.504 e. The van der Waals surface area contributed by atoms with Crippen LogP contribution in [-0.2, 0) is 0 Å². The zero-order chi connectivity index (χ0) is 18.8. The predicted octanol–water partition coefficient (Wildman–Crippen LogP) is 3.97. The van der Waals surface area contributed by atoms with Gasteiger partial charge >= 0.3 is 0 Å². The number of nitrogens with zero attached hydrogens (tertiary/aromatic N) is 2. The minimum Gasteiger partial charge on any atom is -0.504 e. The SMILES string of the molecule is O=c1c2ccccc2nc(/C=C/c2cccc(O)c2O)n1-c1ccccc1. The summed E-state index contributed by atoms with van der Waals surface area (Å²) in [6.45, 7) is 0. The van der Waals surface area contributed by atoms with Gasteiger partial charge in [-0.05, 0) is 42.5 Å². The van der Waals surface area contributed by atoms with Gasteiger partial charge in [-0.3, -0.25) is 9.36 Å². The van der Waals surface area contributed by atoms with Gasteiger partial charge in [0, 0.05) is 5.56 Å². The first-order valence-corrected chi connectivity index (χ1v) is 8.41. The zero-order valence-electron chi connectivity index (χ0n) is 14.3. The summed E-state index contributed by atoms with van der Waals surface area (Å²) < 4.78 is 1.53. The number of hydrogen-bond acceptors (Lipinski definition) is 4. The number of rotatable bonds is 3. The number of benzene rings is 3. The molecular weight excluding hydrogens is 340 g/mol. The monoisotopic (exact) mass is 356 g/mol. The smallest absolute Gasteiger partial charge is 0.266 e. The van der Waals surface area contributed by atoms with Crippen LogP contribution in [0.3, 0.4) is 0 Å². The summed E-state index contributed by atoms with van der Waals surface area (Å²) in [4.78, 5) is 17.7. The molecule has 4 rings (SSSR count). The van der Waals surface area contributed by atoms with E-state index in [1.165, 1.54) is 10.6 Å². The van der Waals surface area contributed by atoms with Crippen LogP contribution in [0.1, 0.15) is 11.4 Å². The van der Waals surface area contributed by atoms with Crippen LogP contribution in [0.15, 0.2) is 77.6 Å². The maximum Gasteiger partial charge on any atom is 0.266 e. The number of aromatic nitrogens is 2. The first-order chi connectivity index (χ1) is 13.1. The second-order valence-corrected chi connectivity index (χ2v) is 6.01. The van der Waals surface area contributed by atoms with E-state index >= 15 is 0 Å². The van der Waals surface area contributed by atoms with E-state index in [0.29, 0.717) is 28.0 Å². The molecule has 5 nitrogen and oxygen atoms in total. The third-order valence-electron chi connectivity index (χ3n) is 4.27. The van der Waals surface area contributed by atoms with E-state index in [-0.39, 0.29) is 17.1 Å². The lowest BCUT2D eigenvalue weighted by molar-refractivity contribution is 0.403. The Morgan fingerprint density at radius 3 is 2.37 bits per heavy atom. The molecule has 3 aromatic carbocycles. The zero-order valence-corrected chi connectivity index (χ0v) is 14.3. The minimum atomic E-state index is -0.219. The highest BCUT2D eigenvalue weighted by atomic mass is 16.3. The molecule has 2 N–H and O–H groups in total. The van der Waals surface area contributed by atoms with Gasteiger partial charge in [0.05, 0.1) is 16.6 Å². The van der Waals surface area contributed by atoms with E-state index in [2.05, 4.69) is 4.98 Å². The Morgan fingerprint density at radius 1 is 0.815 bits per heavy atom. The fourth-order valence-electron chi connectivity index (χ4n) is 2.94. The van der Waals surface area contributed by atoms with Crippen molar-refractivity contribution in [1.82, 2.24) is 9.55 Å². The van der Waals surface area contributed by atoms with Gasteiger partial charge in [0.2, 0.25) is 0 Å². The Morgan fingerprint density at radius 2 is 1.56 bits per heavy atom. The molecule has 0 saturated heterocycles. The van der Waals surface area contributed by atoms with Gasteiger partial charge in [0.15, 0.2) is 11.5 Å². The number of fused-ring (bicyclic) bond motifs is 1. The lowest BCUT2D eigenvalue weighted by Gasteiger charge is -2.11. The van der Waals surface area contributed by atoms with Crippen LogP contribution in [0, 0.1) is 0 Å². The normalized spacial score (nSPS) is 11.3. The fourth-order valence-corrected chi connectivity index (χ4v) is 2.94. The Labute approximate surface area is 155 Å². The van der Waals surface area contributed by atoms with Crippen LogP contribution in [-0.4, -0.2) is 19.8 Å². The average Bonchev–Trinajstić information content (AvgIpc) is 2.70. The van der Waals surface area contributed by atoms with Crippen molar-refractivity contribution in [3.8, 4) is 17.2 Å². The van der Waals surface area contributed by atoms with Crippen molar-refractivity contribution in [2.45, 2.75) is 0 Å². The molecule has 0 unspecified atom stereocenters. The summed E-state index contributed by atoms with van der Waals surface area (Å²) in [5, 5.41) is 20.2. The van der Waals surface area contributed by atoms with Crippen LogP contribution < -0.4 is 5.56 Å². The van der Waals surface area contributed by atoms with Gasteiger partial charge in [0.1, 0.15) is 5.82 Å². The maximum atomic E-state index is 13.1. The van der Waals surface area contributed by atoms with Gasteiger partial charge in [-0.15, -0.1) is 0 Å². The highest BCUT2D eigenvalue weighted by molar-refractivity contribution is 5.80. The molecular formula is C22H16N2O3. The van der Waals surface area contributed by atoms with Crippen LogP contribution in [0.5, 0.6) is 11.5 Å². The molecule has 0 aliphatic rings. The number of phenols is 2. The van der Waals surface area contributed by atoms with Crippen molar-refractivity contribution in [2.75, 3.05) is 0 Å². The number of aromatic hydroxyl groups is 2. The predicted molar refractivity (Wildman–Crippen MR) is 106 cm³/mol. The topological polar surface area (TPSA) is 75.3 Å². The molecule has 5 heteroatoms. The summed E-state index contributed by atoms with van der Waals surface area (Å²) in [5.74, 6) is -0.000129. The Hall–Kier alpha value is -3.86. The molecule has 0 spiro atoms. The molecule has 0 radical (unpaired) electrons. The van der Waals surface area contributed by atoms with E-state index in [0.717, 1.165) is 0 Å². The molecule has 0 atom stereocenters. The molecule has 1 aromatic heterocycles. The molecule has 0 aliphatic carbocycles. The summed E-state index contributed by atoms with van der Waals surface area (Å²) >= 11 is 0. The van der Waals surface area contributed by atoms with Gasteiger partial charge in [-0.1, -0.05) is 42.5 Å². The number of phenolic OH excluding ortho intramolecular Hbond substituents is 2. The number of hydrogen-bond donors (Lipinski definition) is 2. The van der Waals surface area contributed by atoms with E-state index in [4.69, 9.17) is 0 Å². The lowest BCUT2D eigenvalue weighted by atomic mass is 10.1. The molecule has 1 heterocycles. The van der Waals surface area contributed by atoms with E-state index in [9.17, 15) is 15.0 Å². The highest BCUT2D eigenvalue weighted by Gasteiger charge is 2.11. The van der Waals surface area contributed by atoms with Crippen molar-refractivity contribution in [3.05, 3.63) is 94.5 Å². The van der Waals surface area contributed by atoms with Crippen molar-refractivity contribution in [2.24, 2.45) is 0 Å². The third kappa shape index (κ3) is 3.06.